The summed E-state index contributed by atoms with van der Waals surface area (Å²) in [6.45, 7) is 0.859. The van der Waals surface area contributed by atoms with Gasteiger partial charge >= 0.3 is 0 Å². The summed E-state index contributed by atoms with van der Waals surface area (Å²) in [5.41, 5.74) is 0. The fourth-order valence-corrected chi connectivity index (χ4v) is 1.99. The molecule has 0 heterocycles. The van der Waals surface area contributed by atoms with E-state index in [1.165, 1.54) is 12.8 Å². The van der Waals surface area contributed by atoms with Crippen LogP contribution in [0.25, 0.3) is 0 Å². The van der Waals surface area contributed by atoms with Crippen molar-refractivity contribution in [3.05, 3.63) is 0 Å². The molecule has 1 rings (SSSR count). The van der Waals surface area contributed by atoms with E-state index in [1.807, 2.05) is 0 Å². The van der Waals surface area contributed by atoms with E-state index >= 15 is 0 Å². The number of carbonyl (C=O) groups excluding carboxylic acids is 1. The van der Waals surface area contributed by atoms with Crippen molar-refractivity contribution in [3.8, 4) is 0 Å². The molecule has 0 aromatic heterocycles. The van der Waals surface area contributed by atoms with E-state index < -0.39 is 0 Å². The summed E-state index contributed by atoms with van der Waals surface area (Å²) >= 11 is 2.33. The molecule has 0 atom stereocenters. The van der Waals surface area contributed by atoms with Crippen LogP contribution in [-0.4, -0.2) is 16.9 Å². The van der Waals surface area contributed by atoms with Crippen LogP contribution in [-0.2, 0) is 4.79 Å². The lowest BCUT2D eigenvalue weighted by atomic mass is 10.1. The lowest BCUT2D eigenvalue weighted by Gasteiger charge is -2.08. The molecule has 0 aromatic rings. The first-order valence-electron chi connectivity index (χ1n) is 4.68. The number of hydrogen-bond donors (Lipinski definition) is 1. The van der Waals surface area contributed by atoms with Gasteiger partial charge in [-0.25, -0.2) is 0 Å². The van der Waals surface area contributed by atoms with Crippen LogP contribution in [0.15, 0.2) is 0 Å². The van der Waals surface area contributed by atoms with Crippen molar-refractivity contribution < 1.29 is 4.79 Å². The smallest absolute Gasteiger partial charge is 0.223 e. The van der Waals surface area contributed by atoms with Gasteiger partial charge in [0, 0.05) is 16.9 Å². The molecule has 1 N–H and O–H groups in total. The quantitative estimate of drug-likeness (QED) is 0.477. The number of halogens is 1. The van der Waals surface area contributed by atoms with E-state index in [1.54, 1.807) is 0 Å². The first kappa shape index (κ1) is 10.3. The first-order valence-corrected chi connectivity index (χ1v) is 6.21. The minimum absolute atomic E-state index is 0.289. The lowest BCUT2D eigenvalue weighted by molar-refractivity contribution is -0.124. The van der Waals surface area contributed by atoms with E-state index in [0.717, 1.165) is 30.2 Å². The van der Waals surface area contributed by atoms with E-state index in [-0.39, 0.29) is 5.91 Å². The Bertz CT molecular complexity index is 143. The van der Waals surface area contributed by atoms with Crippen LogP contribution in [0.1, 0.15) is 32.1 Å². The van der Waals surface area contributed by atoms with Gasteiger partial charge in [0.2, 0.25) is 5.91 Å². The molecule has 2 nitrogen and oxygen atoms in total. The number of hydrogen-bond acceptors (Lipinski definition) is 1. The average molecular weight is 281 g/mol. The second-order valence-electron chi connectivity index (χ2n) is 3.31. The Labute approximate surface area is 87.6 Å². The van der Waals surface area contributed by atoms with Crippen LogP contribution in [0.4, 0.5) is 0 Å². The molecule has 1 saturated carbocycles. The molecule has 0 saturated heterocycles. The van der Waals surface area contributed by atoms with Crippen molar-refractivity contribution in [2.45, 2.75) is 32.1 Å². The van der Waals surface area contributed by atoms with Crippen molar-refractivity contribution in [3.63, 3.8) is 0 Å². The Kier molecular flexibility index (Phi) is 4.95. The third-order valence-electron chi connectivity index (χ3n) is 2.34. The minimum atomic E-state index is 0.289. The third kappa shape index (κ3) is 3.29. The van der Waals surface area contributed by atoms with Crippen LogP contribution in [0.2, 0.25) is 0 Å². The molecule has 0 aliphatic heterocycles. The molecule has 12 heavy (non-hydrogen) atoms. The van der Waals surface area contributed by atoms with Gasteiger partial charge in [0.25, 0.3) is 0 Å². The number of carbonyl (C=O) groups is 1. The van der Waals surface area contributed by atoms with Crippen molar-refractivity contribution in [1.82, 2.24) is 5.32 Å². The molecule has 1 aliphatic carbocycles. The maximum atomic E-state index is 11.4. The Morgan fingerprint density at radius 3 is 2.67 bits per heavy atom. The highest BCUT2D eigenvalue weighted by Gasteiger charge is 2.21. The number of rotatable bonds is 4. The van der Waals surface area contributed by atoms with Gasteiger partial charge in [-0.2, -0.15) is 0 Å². The summed E-state index contributed by atoms with van der Waals surface area (Å²) in [6, 6.07) is 0. The molecule has 0 bridgehead atoms. The zero-order valence-corrected chi connectivity index (χ0v) is 9.47. The summed E-state index contributed by atoms with van der Waals surface area (Å²) in [4.78, 5) is 11.4. The Morgan fingerprint density at radius 2 is 2.08 bits per heavy atom. The highest BCUT2D eigenvalue weighted by Crippen LogP contribution is 2.24. The van der Waals surface area contributed by atoms with Gasteiger partial charge in [-0.05, 0) is 19.3 Å². The van der Waals surface area contributed by atoms with Gasteiger partial charge in [0.15, 0.2) is 0 Å². The summed E-state index contributed by atoms with van der Waals surface area (Å²) in [7, 11) is 0. The maximum absolute atomic E-state index is 11.4. The molecule has 70 valence electrons. The van der Waals surface area contributed by atoms with Gasteiger partial charge in [0.1, 0.15) is 0 Å². The Hall–Kier alpha value is 0.200. The van der Waals surface area contributed by atoms with Crippen LogP contribution in [0, 0.1) is 5.92 Å². The Balaban J connectivity index is 2.10. The lowest BCUT2D eigenvalue weighted by Crippen LogP contribution is -2.30. The second-order valence-corrected chi connectivity index (χ2v) is 4.39. The fourth-order valence-electron chi connectivity index (χ4n) is 1.61. The summed E-state index contributed by atoms with van der Waals surface area (Å²) < 4.78 is 1.13. The molecule has 0 aromatic carbocycles. The van der Waals surface area contributed by atoms with Gasteiger partial charge in [-0.15, -0.1) is 0 Å². The molecule has 0 spiro atoms. The topological polar surface area (TPSA) is 29.1 Å². The van der Waals surface area contributed by atoms with Gasteiger partial charge in [0.05, 0.1) is 0 Å². The molecule has 0 unspecified atom stereocenters. The van der Waals surface area contributed by atoms with Crippen molar-refractivity contribution in [2.75, 3.05) is 11.0 Å². The van der Waals surface area contributed by atoms with Crippen LogP contribution < -0.4 is 5.32 Å². The van der Waals surface area contributed by atoms with E-state index in [9.17, 15) is 4.79 Å². The number of amides is 1. The predicted octanol–water partition coefficient (Wildman–Crippen LogP) is 2.12. The zero-order chi connectivity index (χ0) is 8.81. The normalized spacial score (nSPS) is 18.1. The highest BCUT2D eigenvalue weighted by atomic mass is 127. The number of alkyl halides is 1. The van der Waals surface area contributed by atoms with Gasteiger partial charge in [-0.1, -0.05) is 35.4 Å². The SMILES string of the molecule is O=C(NCCCI)C1CCCC1. The van der Waals surface area contributed by atoms with E-state index in [0.29, 0.717) is 5.92 Å². The maximum Gasteiger partial charge on any atom is 0.223 e. The minimum Gasteiger partial charge on any atom is -0.356 e. The summed E-state index contributed by atoms with van der Waals surface area (Å²) in [5, 5.41) is 2.98. The fraction of sp³-hybridized carbons (Fsp3) is 0.889. The molecule has 1 fully saturated rings. The van der Waals surface area contributed by atoms with Crippen LogP contribution in [0.5, 0.6) is 0 Å². The largest absolute Gasteiger partial charge is 0.356 e. The number of nitrogens with one attached hydrogen (secondary N) is 1. The predicted molar refractivity (Wildman–Crippen MR) is 58.5 cm³/mol. The Morgan fingerprint density at radius 1 is 1.42 bits per heavy atom. The zero-order valence-electron chi connectivity index (χ0n) is 7.31. The van der Waals surface area contributed by atoms with Crippen molar-refractivity contribution in [1.29, 1.82) is 0 Å². The van der Waals surface area contributed by atoms with Crippen molar-refractivity contribution in [2.24, 2.45) is 5.92 Å². The second kappa shape index (κ2) is 5.78. The summed E-state index contributed by atoms with van der Waals surface area (Å²) in [6.07, 6.45) is 5.79. The van der Waals surface area contributed by atoms with Gasteiger partial charge in [-0.3, -0.25) is 4.79 Å². The highest BCUT2D eigenvalue weighted by molar-refractivity contribution is 14.1. The van der Waals surface area contributed by atoms with Gasteiger partial charge < -0.3 is 5.32 Å². The van der Waals surface area contributed by atoms with Crippen LogP contribution >= 0.6 is 22.6 Å². The van der Waals surface area contributed by atoms with Crippen LogP contribution in [0.3, 0.4) is 0 Å². The third-order valence-corrected chi connectivity index (χ3v) is 3.10. The van der Waals surface area contributed by atoms with Crippen molar-refractivity contribution >= 4 is 28.5 Å². The molecule has 1 aliphatic rings. The molecular weight excluding hydrogens is 265 g/mol. The summed E-state index contributed by atoms with van der Waals surface area (Å²) in [5.74, 6) is 0.622. The molecule has 0 radical (unpaired) electrons. The monoisotopic (exact) mass is 281 g/mol. The molecule has 1 amide bonds. The molecular formula is C9H16INO. The van der Waals surface area contributed by atoms with E-state index in [2.05, 4.69) is 27.9 Å². The average Bonchev–Trinajstić information content (AvgIpc) is 2.56. The standard InChI is InChI=1S/C9H16INO/c10-6-3-7-11-9(12)8-4-1-2-5-8/h8H,1-7H2,(H,11,12). The first-order chi connectivity index (χ1) is 5.84. The van der Waals surface area contributed by atoms with E-state index in [4.69, 9.17) is 0 Å². The molecule has 3 heteroatoms.